The number of rotatable bonds is 5. The molecule has 5 rings (SSSR count). The first-order chi connectivity index (χ1) is 14.9. The second-order valence-corrected chi connectivity index (χ2v) is 10.1. The summed E-state index contributed by atoms with van der Waals surface area (Å²) in [5, 5.41) is 3.71. The molecule has 0 aliphatic carbocycles. The van der Waals surface area contributed by atoms with E-state index in [4.69, 9.17) is 4.52 Å². The van der Waals surface area contributed by atoms with Gasteiger partial charge in [-0.2, -0.15) is 0 Å². The van der Waals surface area contributed by atoms with Crippen LogP contribution in [-0.2, 0) is 0 Å². The van der Waals surface area contributed by atoms with E-state index < -0.39 is 7.49 Å². The second-order valence-electron chi connectivity index (χ2n) is 7.19. The van der Waals surface area contributed by atoms with Crippen LogP contribution in [0.4, 0.5) is 0 Å². The average molecular weight is 405 g/mol. The van der Waals surface area contributed by atoms with Gasteiger partial charge in [0.25, 0.3) is 7.49 Å². The molecule has 4 aromatic rings. The van der Waals surface area contributed by atoms with Crippen LogP contribution in [0.3, 0.4) is 0 Å². The smallest absolute Gasteiger partial charge is 0.288 e. The summed E-state index contributed by atoms with van der Waals surface area (Å²) in [6.45, 7) is 0. The lowest BCUT2D eigenvalue weighted by atomic mass is 10.2. The van der Waals surface area contributed by atoms with E-state index in [1.54, 1.807) is 0 Å². The summed E-state index contributed by atoms with van der Waals surface area (Å²) in [5.74, 6) is 0.889. The molecule has 144 valence electrons. The number of allylic oxidation sites excluding steroid dienone is 2. The monoisotopic (exact) mass is 405 g/mol. The van der Waals surface area contributed by atoms with E-state index in [9.17, 15) is 0 Å². The fraction of sp³-hybridized carbons (Fsp3) is 0. The zero-order valence-electron chi connectivity index (χ0n) is 16.6. The van der Waals surface area contributed by atoms with E-state index in [2.05, 4.69) is 103 Å². The maximum atomic E-state index is 7.06. The third-order valence-electron chi connectivity index (χ3n) is 5.32. The van der Waals surface area contributed by atoms with Crippen LogP contribution >= 0.6 is 7.49 Å². The molecule has 0 fully saturated rings. The summed E-state index contributed by atoms with van der Waals surface area (Å²) in [4.78, 5) is 0. The number of hydrogen-bond acceptors (Lipinski definition) is 1. The standard InChI is InChI=1S/C28H22OP/c1-5-13-23(14-6-1)27-21-22-28(24-15-7-2-8-16-24)30(27,26-19-11-4-12-20-26)29-25-17-9-3-10-18-25/h1-22H/q+1. The highest BCUT2D eigenvalue weighted by Gasteiger charge is 2.56. The van der Waals surface area contributed by atoms with E-state index >= 15 is 0 Å². The normalized spacial score (nSPS) is 14.7. The highest BCUT2D eigenvalue weighted by atomic mass is 31.2. The van der Waals surface area contributed by atoms with E-state index in [-0.39, 0.29) is 0 Å². The molecule has 0 unspecified atom stereocenters. The fourth-order valence-electron chi connectivity index (χ4n) is 3.98. The van der Waals surface area contributed by atoms with Crippen molar-refractivity contribution in [3.63, 3.8) is 0 Å². The SMILES string of the molecule is C1=C(c2ccccc2)[P+](Oc2ccccc2)(c2ccccc2)C(c2ccccc2)=C1. The van der Waals surface area contributed by atoms with E-state index in [0.717, 1.165) is 5.75 Å². The van der Waals surface area contributed by atoms with Crippen LogP contribution in [0.5, 0.6) is 5.75 Å². The van der Waals surface area contributed by atoms with Crippen LogP contribution in [0.15, 0.2) is 133 Å². The van der Waals surface area contributed by atoms with E-state index in [0.29, 0.717) is 0 Å². The van der Waals surface area contributed by atoms with Crippen molar-refractivity contribution in [3.8, 4) is 5.75 Å². The van der Waals surface area contributed by atoms with Gasteiger partial charge in [0.05, 0.1) is 0 Å². The van der Waals surface area contributed by atoms with Gasteiger partial charge >= 0.3 is 0 Å². The van der Waals surface area contributed by atoms with Gasteiger partial charge in [0.15, 0.2) is 5.75 Å². The lowest BCUT2D eigenvalue weighted by molar-refractivity contribution is 0.622. The molecule has 0 N–H and O–H groups in total. The van der Waals surface area contributed by atoms with Crippen molar-refractivity contribution < 1.29 is 4.52 Å². The van der Waals surface area contributed by atoms with Crippen LogP contribution in [0.2, 0.25) is 0 Å². The lowest BCUT2D eigenvalue weighted by Gasteiger charge is -2.27. The molecule has 0 spiro atoms. The molecule has 0 amide bonds. The predicted molar refractivity (Wildman–Crippen MR) is 129 cm³/mol. The minimum absolute atomic E-state index is 0.889. The van der Waals surface area contributed by atoms with Gasteiger partial charge in [-0.25, -0.2) is 0 Å². The van der Waals surface area contributed by atoms with Crippen LogP contribution in [0.25, 0.3) is 10.6 Å². The van der Waals surface area contributed by atoms with Crippen molar-refractivity contribution in [2.75, 3.05) is 0 Å². The summed E-state index contributed by atoms with van der Waals surface area (Å²) in [5.41, 5.74) is 2.40. The van der Waals surface area contributed by atoms with Gasteiger partial charge in [-0.1, -0.05) is 97.1 Å². The number of para-hydroxylation sites is 1. The first-order valence-corrected chi connectivity index (χ1v) is 11.8. The minimum Gasteiger partial charge on any atom is -0.334 e. The van der Waals surface area contributed by atoms with Crippen LogP contribution in [0, 0.1) is 0 Å². The molecule has 4 aromatic carbocycles. The maximum absolute atomic E-state index is 7.06. The molecule has 0 saturated carbocycles. The minimum atomic E-state index is -2.36. The molecular formula is C28H22OP+. The predicted octanol–water partition coefficient (Wildman–Crippen LogP) is 7.42. The van der Waals surface area contributed by atoms with Crippen molar-refractivity contribution in [1.29, 1.82) is 0 Å². The largest absolute Gasteiger partial charge is 0.334 e. The van der Waals surface area contributed by atoms with Crippen molar-refractivity contribution in [1.82, 2.24) is 0 Å². The summed E-state index contributed by atoms with van der Waals surface area (Å²) in [7, 11) is -2.36. The van der Waals surface area contributed by atoms with E-state index in [1.165, 1.54) is 27.1 Å². The second kappa shape index (κ2) is 8.14. The zero-order valence-corrected chi connectivity index (χ0v) is 17.5. The van der Waals surface area contributed by atoms with Crippen LogP contribution in [-0.4, -0.2) is 0 Å². The Kier molecular flexibility index (Phi) is 5.05. The topological polar surface area (TPSA) is 9.23 Å². The maximum Gasteiger partial charge on any atom is 0.288 e. The molecule has 1 aliphatic heterocycles. The lowest BCUT2D eigenvalue weighted by Crippen LogP contribution is -2.17. The molecule has 0 aromatic heterocycles. The van der Waals surface area contributed by atoms with Gasteiger partial charge in [-0.05, 0) is 36.4 Å². The van der Waals surface area contributed by atoms with Crippen molar-refractivity contribution >= 4 is 23.4 Å². The molecule has 2 heteroatoms. The molecule has 1 nitrogen and oxygen atoms in total. The molecule has 0 bridgehead atoms. The van der Waals surface area contributed by atoms with Gasteiger partial charge in [0, 0.05) is 11.1 Å². The van der Waals surface area contributed by atoms with Crippen molar-refractivity contribution in [2.24, 2.45) is 0 Å². The third kappa shape index (κ3) is 3.28. The van der Waals surface area contributed by atoms with Gasteiger partial charge in [-0.3, -0.25) is 0 Å². The Morgan fingerprint density at radius 2 is 0.833 bits per heavy atom. The Hall–Kier alpha value is -3.41. The Labute approximate surface area is 178 Å². The molecule has 1 heterocycles. The molecule has 1 aliphatic rings. The zero-order chi connectivity index (χ0) is 20.2. The summed E-state index contributed by atoms with van der Waals surface area (Å²) in [6.07, 6.45) is 4.50. The van der Waals surface area contributed by atoms with E-state index in [1.807, 2.05) is 30.3 Å². The Morgan fingerprint density at radius 3 is 1.30 bits per heavy atom. The highest BCUT2D eigenvalue weighted by Crippen LogP contribution is 2.79. The molecule has 0 atom stereocenters. The molecule has 0 radical (unpaired) electrons. The first-order valence-electron chi connectivity index (χ1n) is 10.1. The van der Waals surface area contributed by atoms with Gasteiger partial charge < -0.3 is 4.52 Å². The van der Waals surface area contributed by atoms with Crippen LogP contribution < -0.4 is 9.83 Å². The van der Waals surface area contributed by atoms with Crippen LogP contribution in [0.1, 0.15) is 11.1 Å². The van der Waals surface area contributed by atoms with Crippen molar-refractivity contribution in [3.05, 3.63) is 145 Å². The van der Waals surface area contributed by atoms with Crippen molar-refractivity contribution in [2.45, 2.75) is 0 Å². The molecule has 0 saturated heterocycles. The van der Waals surface area contributed by atoms with Gasteiger partial charge in [-0.15, -0.1) is 0 Å². The summed E-state index contributed by atoms with van der Waals surface area (Å²) in [6, 6.07) is 42.1. The highest BCUT2D eigenvalue weighted by molar-refractivity contribution is 7.96. The number of benzene rings is 4. The van der Waals surface area contributed by atoms with Gasteiger partial charge in [0.2, 0.25) is 0 Å². The number of hydrogen-bond donors (Lipinski definition) is 0. The first kappa shape index (κ1) is 18.6. The fourth-order valence-corrected chi connectivity index (χ4v) is 7.72. The average Bonchev–Trinajstić information content (AvgIpc) is 3.21. The Balaban J connectivity index is 1.77. The summed E-state index contributed by atoms with van der Waals surface area (Å²) >= 11 is 0. The Morgan fingerprint density at radius 1 is 0.433 bits per heavy atom. The van der Waals surface area contributed by atoms with Gasteiger partial charge in [0.1, 0.15) is 15.9 Å². The summed E-state index contributed by atoms with van der Waals surface area (Å²) < 4.78 is 7.06. The molecular weight excluding hydrogens is 383 g/mol. The molecule has 30 heavy (non-hydrogen) atoms. The Bertz CT molecular complexity index is 1130. The quantitative estimate of drug-likeness (QED) is 0.314. The third-order valence-corrected chi connectivity index (χ3v) is 9.00.